The molecule has 20 heavy (non-hydrogen) atoms. The quantitative estimate of drug-likeness (QED) is 0.697. The van der Waals surface area contributed by atoms with Crippen molar-refractivity contribution in [1.29, 1.82) is 0 Å². The minimum atomic E-state index is -0.143. The van der Waals surface area contributed by atoms with E-state index >= 15 is 0 Å². The van der Waals surface area contributed by atoms with Crippen molar-refractivity contribution >= 4 is 0 Å². The molecule has 1 atom stereocenters. The van der Waals surface area contributed by atoms with E-state index in [1.807, 2.05) is 0 Å². The van der Waals surface area contributed by atoms with E-state index in [2.05, 4.69) is 65.1 Å². The maximum Gasteiger partial charge on any atom is 0.123 e. The maximum atomic E-state index is 6.36. The first-order valence-corrected chi connectivity index (χ1v) is 7.92. The first kappa shape index (κ1) is 17.0. The second-order valence-corrected chi connectivity index (χ2v) is 6.26. The molecule has 0 fully saturated rings. The van der Waals surface area contributed by atoms with E-state index in [0.717, 1.165) is 31.7 Å². The van der Waals surface area contributed by atoms with E-state index in [0.29, 0.717) is 5.92 Å². The number of aryl methyl sites for hydroxylation is 1. The summed E-state index contributed by atoms with van der Waals surface area (Å²) in [6, 6.07) is 6.57. The fourth-order valence-corrected chi connectivity index (χ4v) is 2.11. The predicted molar refractivity (Wildman–Crippen MR) is 87.8 cm³/mol. The number of hydrogen-bond donors (Lipinski definition) is 1. The predicted octanol–water partition coefficient (Wildman–Crippen LogP) is 4.67. The zero-order valence-corrected chi connectivity index (χ0v) is 14.0. The van der Waals surface area contributed by atoms with Gasteiger partial charge in [0.1, 0.15) is 11.4 Å². The van der Waals surface area contributed by atoms with Gasteiger partial charge in [0.2, 0.25) is 0 Å². The van der Waals surface area contributed by atoms with Gasteiger partial charge in [-0.15, -0.1) is 0 Å². The average Bonchev–Trinajstić information content (AvgIpc) is 2.41. The Morgan fingerprint density at radius 1 is 1.25 bits per heavy atom. The average molecular weight is 277 g/mol. The molecule has 1 N–H and O–H groups in total. The van der Waals surface area contributed by atoms with Gasteiger partial charge in [-0.2, -0.15) is 0 Å². The van der Waals surface area contributed by atoms with Gasteiger partial charge in [0.15, 0.2) is 0 Å². The minimum absolute atomic E-state index is 0.143. The van der Waals surface area contributed by atoms with Crippen LogP contribution in [0.5, 0.6) is 5.75 Å². The monoisotopic (exact) mass is 277 g/mol. The standard InChI is InChI=1S/C18H31NO/c1-7-11-19-13-18(6,8-2)20-17-12-16(14(3)4)10-9-15(17)5/h9-10,12,14,19H,7-8,11,13H2,1-6H3. The van der Waals surface area contributed by atoms with Gasteiger partial charge in [-0.25, -0.2) is 0 Å². The van der Waals surface area contributed by atoms with Crippen LogP contribution in [-0.2, 0) is 0 Å². The van der Waals surface area contributed by atoms with E-state index in [9.17, 15) is 0 Å². The van der Waals surface area contributed by atoms with Crippen molar-refractivity contribution in [3.05, 3.63) is 29.3 Å². The first-order chi connectivity index (χ1) is 9.41. The topological polar surface area (TPSA) is 21.3 Å². The van der Waals surface area contributed by atoms with Crippen LogP contribution in [0.15, 0.2) is 18.2 Å². The summed E-state index contributed by atoms with van der Waals surface area (Å²) in [7, 11) is 0. The SMILES string of the molecule is CCCNCC(C)(CC)Oc1cc(C(C)C)ccc1C. The lowest BCUT2D eigenvalue weighted by Gasteiger charge is -2.31. The molecular formula is C18H31NO. The van der Waals surface area contributed by atoms with Crippen molar-refractivity contribution in [3.63, 3.8) is 0 Å². The molecule has 0 amide bonds. The van der Waals surface area contributed by atoms with Gasteiger partial charge in [-0.05, 0) is 56.3 Å². The van der Waals surface area contributed by atoms with Crippen LogP contribution in [0.2, 0.25) is 0 Å². The van der Waals surface area contributed by atoms with Gasteiger partial charge in [0.05, 0.1) is 0 Å². The van der Waals surface area contributed by atoms with Crippen LogP contribution in [0.25, 0.3) is 0 Å². The summed E-state index contributed by atoms with van der Waals surface area (Å²) in [5.74, 6) is 1.56. The molecular weight excluding hydrogens is 246 g/mol. The highest BCUT2D eigenvalue weighted by molar-refractivity contribution is 5.38. The lowest BCUT2D eigenvalue weighted by molar-refractivity contribution is 0.0828. The lowest BCUT2D eigenvalue weighted by atomic mass is 10.00. The minimum Gasteiger partial charge on any atom is -0.486 e. The Labute approximate surface area is 124 Å². The van der Waals surface area contributed by atoms with Gasteiger partial charge in [0.25, 0.3) is 0 Å². The normalized spacial score (nSPS) is 14.3. The maximum absolute atomic E-state index is 6.36. The van der Waals surface area contributed by atoms with E-state index < -0.39 is 0 Å². The summed E-state index contributed by atoms with van der Waals surface area (Å²) >= 11 is 0. The Morgan fingerprint density at radius 3 is 2.50 bits per heavy atom. The molecule has 0 saturated heterocycles. The van der Waals surface area contributed by atoms with Crippen LogP contribution in [0.3, 0.4) is 0 Å². The molecule has 1 aromatic carbocycles. The molecule has 0 bridgehead atoms. The Kier molecular flexibility index (Phi) is 6.54. The molecule has 0 aliphatic rings. The highest BCUT2D eigenvalue weighted by Crippen LogP contribution is 2.28. The second-order valence-electron chi connectivity index (χ2n) is 6.26. The first-order valence-electron chi connectivity index (χ1n) is 7.92. The Morgan fingerprint density at radius 2 is 1.95 bits per heavy atom. The van der Waals surface area contributed by atoms with Crippen LogP contribution in [-0.4, -0.2) is 18.7 Å². The molecule has 0 heterocycles. The number of nitrogens with one attached hydrogen (secondary N) is 1. The molecule has 0 saturated carbocycles. The van der Waals surface area contributed by atoms with Gasteiger partial charge in [-0.3, -0.25) is 0 Å². The summed E-state index contributed by atoms with van der Waals surface area (Å²) in [6.45, 7) is 15.1. The largest absolute Gasteiger partial charge is 0.486 e. The van der Waals surface area contributed by atoms with Crippen LogP contribution in [0, 0.1) is 6.92 Å². The van der Waals surface area contributed by atoms with Crippen LogP contribution in [0.1, 0.15) is 64.5 Å². The second kappa shape index (κ2) is 7.68. The third kappa shape index (κ3) is 4.82. The summed E-state index contributed by atoms with van der Waals surface area (Å²) < 4.78 is 6.36. The van der Waals surface area contributed by atoms with Gasteiger partial charge >= 0.3 is 0 Å². The Balaban J connectivity index is 2.85. The highest BCUT2D eigenvalue weighted by atomic mass is 16.5. The van der Waals surface area contributed by atoms with Gasteiger partial charge < -0.3 is 10.1 Å². The number of rotatable bonds is 8. The lowest BCUT2D eigenvalue weighted by Crippen LogP contribution is -2.43. The van der Waals surface area contributed by atoms with E-state index in [-0.39, 0.29) is 5.60 Å². The zero-order valence-electron chi connectivity index (χ0n) is 14.0. The molecule has 0 aromatic heterocycles. The fourth-order valence-electron chi connectivity index (χ4n) is 2.11. The van der Waals surface area contributed by atoms with Crippen molar-refractivity contribution in [2.45, 2.75) is 65.9 Å². The van der Waals surface area contributed by atoms with E-state index in [1.54, 1.807) is 0 Å². The van der Waals surface area contributed by atoms with Crippen molar-refractivity contribution in [2.24, 2.45) is 0 Å². The summed E-state index contributed by atoms with van der Waals surface area (Å²) in [5.41, 5.74) is 2.41. The molecule has 0 spiro atoms. The molecule has 1 aromatic rings. The van der Waals surface area contributed by atoms with Crippen LogP contribution >= 0.6 is 0 Å². The zero-order chi connectivity index (χ0) is 15.2. The molecule has 2 heteroatoms. The number of benzene rings is 1. The van der Waals surface area contributed by atoms with E-state index in [4.69, 9.17) is 4.74 Å². The van der Waals surface area contributed by atoms with Crippen LogP contribution < -0.4 is 10.1 Å². The smallest absolute Gasteiger partial charge is 0.123 e. The molecule has 1 rings (SSSR count). The van der Waals surface area contributed by atoms with E-state index in [1.165, 1.54) is 11.1 Å². The summed E-state index contributed by atoms with van der Waals surface area (Å²) in [6.07, 6.45) is 2.15. The van der Waals surface area contributed by atoms with Crippen molar-refractivity contribution < 1.29 is 4.74 Å². The molecule has 1 unspecified atom stereocenters. The van der Waals surface area contributed by atoms with Crippen molar-refractivity contribution in [3.8, 4) is 5.75 Å². The third-order valence-corrected chi connectivity index (χ3v) is 3.91. The fraction of sp³-hybridized carbons (Fsp3) is 0.667. The Bertz CT molecular complexity index is 414. The van der Waals surface area contributed by atoms with Crippen LogP contribution in [0.4, 0.5) is 0 Å². The van der Waals surface area contributed by atoms with Crippen molar-refractivity contribution in [1.82, 2.24) is 5.32 Å². The van der Waals surface area contributed by atoms with Gasteiger partial charge in [-0.1, -0.05) is 39.8 Å². The number of hydrogen-bond acceptors (Lipinski definition) is 2. The summed E-state index contributed by atoms with van der Waals surface area (Å²) in [4.78, 5) is 0. The third-order valence-electron chi connectivity index (χ3n) is 3.91. The van der Waals surface area contributed by atoms with Crippen molar-refractivity contribution in [2.75, 3.05) is 13.1 Å². The molecule has 2 nitrogen and oxygen atoms in total. The van der Waals surface area contributed by atoms with Gasteiger partial charge in [0, 0.05) is 6.54 Å². The molecule has 0 radical (unpaired) electrons. The molecule has 0 aliphatic heterocycles. The summed E-state index contributed by atoms with van der Waals surface area (Å²) in [5, 5.41) is 3.48. The molecule has 0 aliphatic carbocycles. The highest BCUT2D eigenvalue weighted by Gasteiger charge is 2.24. The Hall–Kier alpha value is -1.02. The molecule has 114 valence electrons. The number of ether oxygens (including phenoxy) is 1.